The first-order chi connectivity index (χ1) is 21.0. The second kappa shape index (κ2) is 13.4. The van der Waals surface area contributed by atoms with Crippen LogP contribution in [0.3, 0.4) is 0 Å². The Kier molecular flexibility index (Phi) is 10.1. The number of pyridine rings is 1. The number of hydrogen-bond donors (Lipinski definition) is 2. The number of rotatable bonds is 7. The van der Waals surface area contributed by atoms with Gasteiger partial charge in [-0.05, 0) is 88.8 Å². The van der Waals surface area contributed by atoms with Crippen LogP contribution in [-0.4, -0.2) is 51.1 Å². The number of halogens is 4. The number of ether oxygens (including phenoxy) is 2. The fourth-order valence-corrected chi connectivity index (χ4v) is 5.86. The Labute approximate surface area is 260 Å². The van der Waals surface area contributed by atoms with Crippen LogP contribution in [0.15, 0.2) is 53.6 Å². The maximum atomic E-state index is 15.1. The van der Waals surface area contributed by atoms with Gasteiger partial charge < -0.3 is 14.4 Å². The summed E-state index contributed by atoms with van der Waals surface area (Å²) >= 11 is 0. The van der Waals surface area contributed by atoms with Gasteiger partial charge in [0.15, 0.2) is 11.0 Å². The first kappa shape index (κ1) is 33.7. The highest BCUT2D eigenvalue weighted by molar-refractivity contribution is 7.86. The molecule has 1 saturated heterocycles. The molecule has 2 heterocycles. The van der Waals surface area contributed by atoms with Crippen LogP contribution in [0.25, 0.3) is 0 Å². The predicted octanol–water partition coefficient (Wildman–Crippen LogP) is 7.24. The van der Waals surface area contributed by atoms with E-state index < -0.39 is 46.5 Å². The van der Waals surface area contributed by atoms with E-state index in [1.54, 1.807) is 39.8 Å². The second-order valence-corrected chi connectivity index (χ2v) is 12.8. The number of anilines is 2. The van der Waals surface area contributed by atoms with Crippen molar-refractivity contribution >= 4 is 34.5 Å². The summed E-state index contributed by atoms with van der Waals surface area (Å²) in [6, 6.07) is 10.2. The van der Waals surface area contributed by atoms with E-state index in [0.717, 1.165) is 30.0 Å². The Morgan fingerprint density at radius 1 is 1.02 bits per heavy atom. The van der Waals surface area contributed by atoms with Crippen molar-refractivity contribution in [2.75, 3.05) is 23.1 Å². The second-order valence-electron chi connectivity index (χ2n) is 11.6. The maximum Gasteiger partial charge on any atom is 0.573 e. The number of nitrogens with one attached hydrogen (secondary N) is 2. The summed E-state index contributed by atoms with van der Waals surface area (Å²) in [5.74, 6) is -1.69. The number of likely N-dealkylation sites (tertiary alicyclic amines) is 1. The quantitative estimate of drug-likeness (QED) is 0.261. The molecule has 0 radical (unpaired) electrons. The Morgan fingerprint density at radius 2 is 1.67 bits per heavy atom. The van der Waals surface area contributed by atoms with Crippen LogP contribution in [0.2, 0.25) is 0 Å². The Bertz CT molecular complexity index is 1580. The molecule has 9 nitrogen and oxygen atoms in total. The van der Waals surface area contributed by atoms with Gasteiger partial charge in [-0.25, -0.2) is 18.4 Å². The molecule has 1 fully saturated rings. The van der Waals surface area contributed by atoms with Gasteiger partial charge in [0, 0.05) is 19.2 Å². The number of aryl methyl sites for hydroxylation is 1. The summed E-state index contributed by atoms with van der Waals surface area (Å²) in [5, 5.41) is 2.35. The molecule has 0 aliphatic carbocycles. The molecule has 1 atom stereocenters. The molecule has 45 heavy (non-hydrogen) atoms. The molecule has 14 heteroatoms. The number of hydrogen-bond acceptors (Lipinski definition) is 6. The molecule has 1 aliphatic heterocycles. The lowest BCUT2D eigenvalue weighted by Crippen LogP contribution is -2.38. The molecule has 2 N–H and O–H groups in total. The molecule has 2 aromatic carbocycles. The summed E-state index contributed by atoms with van der Waals surface area (Å²) in [6.07, 6.45) is -4.12. The number of nitrogens with zero attached hydrogens (tertiary/aromatic N) is 2. The van der Waals surface area contributed by atoms with Crippen molar-refractivity contribution in [3.63, 3.8) is 0 Å². The van der Waals surface area contributed by atoms with Gasteiger partial charge in [-0.1, -0.05) is 17.7 Å². The topological polar surface area (TPSA) is 110 Å². The summed E-state index contributed by atoms with van der Waals surface area (Å²) in [4.78, 5) is 32.1. The van der Waals surface area contributed by atoms with Gasteiger partial charge in [-0.3, -0.25) is 14.8 Å². The number of alkyl halides is 3. The van der Waals surface area contributed by atoms with Crippen molar-refractivity contribution in [3.05, 3.63) is 76.7 Å². The molecule has 3 aromatic rings. The summed E-state index contributed by atoms with van der Waals surface area (Å²) in [7, 11) is -1.62. The molecule has 1 unspecified atom stereocenters. The molecule has 1 aliphatic rings. The third kappa shape index (κ3) is 8.93. The zero-order valence-corrected chi connectivity index (χ0v) is 26.2. The predicted molar refractivity (Wildman–Crippen MR) is 161 cm³/mol. The van der Waals surface area contributed by atoms with Crippen LogP contribution in [0.4, 0.5) is 33.9 Å². The van der Waals surface area contributed by atoms with Crippen LogP contribution in [0.5, 0.6) is 5.75 Å². The minimum atomic E-state index is -4.98. The highest BCUT2D eigenvalue weighted by Gasteiger charge is 2.33. The summed E-state index contributed by atoms with van der Waals surface area (Å²) < 4.78 is 78.6. The van der Waals surface area contributed by atoms with E-state index in [0.29, 0.717) is 28.9 Å². The first-order valence-corrected chi connectivity index (χ1v) is 15.2. The molecule has 1 aromatic heterocycles. The highest BCUT2D eigenvalue weighted by Crippen LogP contribution is 2.36. The highest BCUT2D eigenvalue weighted by atomic mass is 32.2. The van der Waals surface area contributed by atoms with Gasteiger partial charge in [0.25, 0.3) is 5.91 Å². The Hall–Kier alpha value is -4.20. The van der Waals surface area contributed by atoms with Crippen molar-refractivity contribution in [2.24, 2.45) is 0 Å². The lowest BCUT2D eigenvalue weighted by atomic mass is 9.86. The minimum absolute atomic E-state index is 0.0647. The van der Waals surface area contributed by atoms with Crippen LogP contribution >= 0.6 is 0 Å². The fraction of sp³-hybridized carbons (Fsp3) is 0.387. The van der Waals surface area contributed by atoms with Crippen LogP contribution in [-0.2, 0) is 15.7 Å². The number of piperidine rings is 1. The number of carbonyl (C=O) groups is 2. The van der Waals surface area contributed by atoms with Gasteiger partial charge in [-0.2, -0.15) is 0 Å². The molecular formula is C31H34F4N4O5S. The van der Waals surface area contributed by atoms with Crippen molar-refractivity contribution in [3.8, 4) is 5.75 Å². The van der Waals surface area contributed by atoms with E-state index in [9.17, 15) is 27.0 Å². The largest absolute Gasteiger partial charge is 0.573 e. The minimum Gasteiger partial charge on any atom is -0.444 e. The van der Waals surface area contributed by atoms with Gasteiger partial charge >= 0.3 is 12.5 Å². The first-order valence-electron chi connectivity index (χ1n) is 14.1. The Morgan fingerprint density at radius 3 is 2.27 bits per heavy atom. The van der Waals surface area contributed by atoms with Gasteiger partial charge in [-0.15, -0.1) is 13.2 Å². The summed E-state index contributed by atoms with van der Waals surface area (Å²) in [5.41, 5.74) is 0.742. The van der Waals surface area contributed by atoms with Gasteiger partial charge in [0.2, 0.25) is 0 Å². The Balaban J connectivity index is 1.50. The molecular weight excluding hydrogens is 616 g/mol. The third-order valence-electron chi connectivity index (χ3n) is 7.03. The smallest absolute Gasteiger partial charge is 0.444 e. The molecule has 242 valence electrons. The van der Waals surface area contributed by atoms with Crippen molar-refractivity contribution in [1.29, 1.82) is 0 Å². The number of carbonyl (C=O) groups excluding carboxylic acids is 2. The zero-order chi connectivity index (χ0) is 33.1. The fourth-order valence-electron chi connectivity index (χ4n) is 4.97. The van der Waals surface area contributed by atoms with E-state index in [2.05, 4.69) is 19.8 Å². The molecule has 2 amide bonds. The number of aromatic nitrogens is 1. The number of amides is 2. The lowest BCUT2D eigenvalue weighted by molar-refractivity contribution is -0.274. The SMILES string of the molecule is Cc1ccc(S(=O)Nc2ncc(F)c(C3CCN(C(=O)c4ccc(OC(F)(F)F)cc4NC(=O)OC(C)(C)C)CC3)c2C)cc1. The zero-order valence-electron chi connectivity index (χ0n) is 25.4. The molecule has 0 bridgehead atoms. The average molecular weight is 651 g/mol. The van der Waals surface area contributed by atoms with Crippen LogP contribution < -0.4 is 14.8 Å². The van der Waals surface area contributed by atoms with Crippen LogP contribution in [0.1, 0.15) is 66.6 Å². The van der Waals surface area contributed by atoms with Crippen molar-refractivity contribution in [1.82, 2.24) is 9.88 Å². The van der Waals surface area contributed by atoms with Gasteiger partial charge in [0.05, 0.1) is 22.3 Å². The molecule has 4 rings (SSSR count). The van der Waals surface area contributed by atoms with E-state index >= 15 is 4.39 Å². The number of benzene rings is 2. The van der Waals surface area contributed by atoms with E-state index in [1.807, 2.05) is 19.1 Å². The van der Waals surface area contributed by atoms with E-state index in [1.165, 1.54) is 4.90 Å². The van der Waals surface area contributed by atoms with Crippen molar-refractivity contribution < 1.29 is 40.8 Å². The lowest BCUT2D eigenvalue weighted by Gasteiger charge is -2.33. The third-order valence-corrected chi connectivity index (χ3v) is 8.11. The average Bonchev–Trinajstić information content (AvgIpc) is 2.93. The molecule has 0 spiro atoms. The summed E-state index contributed by atoms with van der Waals surface area (Å²) in [6.45, 7) is 8.85. The van der Waals surface area contributed by atoms with Crippen LogP contribution in [0, 0.1) is 19.7 Å². The maximum absolute atomic E-state index is 15.1. The van der Waals surface area contributed by atoms with Gasteiger partial charge in [0.1, 0.15) is 23.0 Å². The van der Waals surface area contributed by atoms with Crippen molar-refractivity contribution in [2.45, 2.75) is 70.2 Å². The monoisotopic (exact) mass is 650 g/mol. The van der Waals surface area contributed by atoms with E-state index in [-0.39, 0.29) is 36.1 Å². The standard InChI is InChI=1S/C31H34F4N4O5S/c1-18-6-9-22(10-7-18)45(42)38-27-19(2)26(24(32)17-36-27)20-12-14-39(15-13-20)28(40)23-11-8-21(43-31(33,34)35)16-25(23)37-29(41)44-30(3,4)5/h6-11,16-17,20H,12-15H2,1-5H3,(H,36,38)(H,37,41). The normalized spacial score (nSPS) is 14.9. The van der Waals surface area contributed by atoms with E-state index in [4.69, 9.17) is 4.74 Å². The molecule has 0 saturated carbocycles.